The summed E-state index contributed by atoms with van der Waals surface area (Å²) in [6, 6.07) is 9.21. The number of carbonyl (C=O) groups is 3. The van der Waals surface area contributed by atoms with Gasteiger partial charge in [0.05, 0.1) is 12.5 Å². The van der Waals surface area contributed by atoms with Gasteiger partial charge in [-0.05, 0) is 12.1 Å². The van der Waals surface area contributed by atoms with Crippen LogP contribution >= 0.6 is 0 Å². The molecule has 2 saturated heterocycles. The van der Waals surface area contributed by atoms with Crippen molar-refractivity contribution >= 4 is 23.6 Å². The van der Waals surface area contributed by atoms with Gasteiger partial charge in [-0.25, -0.2) is 9.69 Å². The summed E-state index contributed by atoms with van der Waals surface area (Å²) in [4.78, 5) is 38.3. The van der Waals surface area contributed by atoms with Crippen LogP contribution in [0.3, 0.4) is 0 Å². The average Bonchev–Trinajstić information content (AvgIpc) is 3.05. The minimum absolute atomic E-state index is 0.0953. The summed E-state index contributed by atoms with van der Waals surface area (Å²) < 4.78 is 4.75. The van der Waals surface area contributed by atoms with Crippen LogP contribution in [0.25, 0.3) is 0 Å². The zero-order chi connectivity index (χ0) is 14.1. The molecule has 0 spiro atoms. The Morgan fingerprint density at radius 3 is 2.60 bits per heavy atom. The standard InChI is InChI=1S/C14H14N2O4/c17-12-8-10(13(18)15-6-7-20-14(15)19)9-16(12)11-4-2-1-3-5-11/h1-5,10H,6-9H2/t10-/m0/s1. The fraction of sp³-hybridized carbons (Fsp3) is 0.357. The lowest BCUT2D eigenvalue weighted by Crippen LogP contribution is -2.38. The third-order valence-corrected chi connectivity index (χ3v) is 3.57. The minimum atomic E-state index is -0.611. The molecule has 0 radical (unpaired) electrons. The van der Waals surface area contributed by atoms with Crippen molar-refractivity contribution in [1.29, 1.82) is 0 Å². The molecule has 0 saturated carbocycles. The molecular weight excluding hydrogens is 260 g/mol. The molecule has 1 aromatic rings. The topological polar surface area (TPSA) is 66.9 Å². The summed E-state index contributed by atoms with van der Waals surface area (Å²) in [6.45, 7) is 0.812. The first-order valence-electron chi connectivity index (χ1n) is 6.50. The van der Waals surface area contributed by atoms with Crippen molar-refractivity contribution in [3.63, 3.8) is 0 Å². The Kier molecular flexibility index (Phi) is 3.14. The average molecular weight is 274 g/mol. The first kappa shape index (κ1) is 12.7. The SMILES string of the molecule is O=C1OCCN1C(=O)[C@H]1CC(=O)N(c2ccccc2)C1. The third-order valence-electron chi connectivity index (χ3n) is 3.57. The molecular formula is C14H14N2O4. The molecule has 0 bridgehead atoms. The van der Waals surface area contributed by atoms with Gasteiger partial charge in [0.2, 0.25) is 11.8 Å². The van der Waals surface area contributed by atoms with Crippen molar-refractivity contribution in [1.82, 2.24) is 4.90 Å². The van der Waals surface area contributed by atoms with Crippen LogP contribution in [0.5, 0.6) is 0 Å². The highest BCUT2D eigenvalue weighted by Gasteiger charge is 2.40. The maximum Gasteiger partial charge on any atom is 0.416 e. The minimum Gasteiger partial charge on any atom is -0.447 e. The van der Waals surface area contributed by atoms with Crippen molar-refractivity contribution in [2.45, 2.75) is 6.42 Å². The normalized spacial score (nSPS) is 22.3. The van der Waals surface area contributed by atoms with E-state index in [1.54, 1.807) is 4.90 Å². The Bertz CT molecular complexity index is 558. The Labute approximate surface area is 115 Å². The molecule has 3 amide bonds. The summed E-state index contributed by atoms with van der Waals surface area (Å²) in [6.07, 6.45) is -0.474. The number of imide groups is 1. The number of ether oxygens (including phenoxy) is 1. The smallest absolute Gasteiger partial charge is 0.416 e. The largest absolute Gasteiger partial charge is 0.447 e. The number of rotatable bonds is 2. The maximum atomic E-state index is 12.2. The van der Waals surface area contributed by atoms with Crippen molar-refractivity contribution in [3.8, 4) is 0 Å². The summed E-state index contributed by atoms with van der Waals surface area (Å²) in [7, 11) is 0. The number of anilines is 1. The van der Waals surface area contributed by atoms with Crippen molar-refractivity contribution < 1.29 is 19.1 Å². The summed E-state index contributed by atoms with van der Waals surface area (Å²) >= 11 is 0. The maximum absolute atomic E-state index is 12.2. The van der Waals surface area contributed by atoms with Gasteiger partial charge in [-0.2, -0.15) is 0 Å². The number of hydrogen-bond donors (Lipinski definition) is 0. The van der Waals surface area contributed by atoms with E-state index in [0.29, 0.717) is 6.54 Å². The van der Waals surface area contributed by atoms with E-state index in [9.17, 15) is 14.4 Å². The Balaban J connectivity index is 1.74. The zero-order valence-electron chi connectivity index (χ0n) is 10.8. The van der Waals surface area contributed by atoms with Crippen LogP contribution in [0.1, 0.15) is 6.42 Å². The van der Waals surface area contributed by atoms with Crippen molar-refractivity contribution in [2.24, 2.45) is 5.92 Å². The van der Waals surface area contributed by atoms with Crippen LogP contribution in [0.15, 0.2) is 30.3 Å². The molecule has 2 heterocycles. The van der Waals surface area contributed by atoms with Gasteiger partial charge in [0, 0.05) is 18.7 Å². The number of para-hydroxylation sites is 1. The summed E-state index contributed by atoms with van der Waals surface area (Å²) in [5.41, 5.74) is 0.775. The Hall–Kier alpha value is -2.37. The highest BCUT2D eigenvalue weighted by Crippen LogP contribution is 2.26. The molecule has 1 aromatic carbocycles. The molecule has 2 aliphatic heterocycles. The van der Waals surface area contributed by atoms with E-state index in [4.69, 9.17) is 4.74 Å². The van der Waals surface area contributed by atoms with E-state index < -0.39 is 12.0 Å². The van der Waals surface area contributed by atoms with Crippen LogP contribution in [0, 0.1) is 5.92 Å². The molecule has 2 fully saturated rings. The zero-order valence-corrected chi connectivity index (χ0v) is 10.8. The third kappa shape index (κ3) is 2.13. The van der Waals surface area contributed by atoms with E-state index in [1.807, 2.05) is 30.3 Å². The second kappa shape index (κ2) is 4.96. The molecule has 6 nitrogen and oxygen atoms in total. The van der Waals surface area contributed by atoms with Crippen LogP contribution in [0.4, 0.5) is 10.5 Å². The van der Waals surface area contributed by atoms with Gasteiger partial charge in [0.1, 0.15) is 6.61 Å². The van der Waals surface area contributed by atoms with Gasteiger partial charge < -0.3 is 9.64 Å². The van der Waals surface area contributed by atoms with Gasteiger partial charge in [-0.3, -0.25) is 9.59 Å². The molecule has 1 atom stereocenters. The van der Waals surface area contributed by atoms with E-state index in [2.05, 4.69) is 0 Å². The highest BCUT2D eigenvalue weighted by molar-refractivity contribution is 6.03. The molecule has 6 heteroatoms. The van der Waals surface area contributed by atoms with Gasteiger partial charge in [-0.15, -0.1) is 0 Å². The molecule has 0 aliphatic carbocycles. The number of nitrogens with zero attached hydrogens (tertiary/aromatic N) is 2. The lowest BCUT2D eigenvalue weighted by atomic mass is 10.1. The van der Waals surface area contributed by atoms with Crippen molar-refractivity contribution in [2.75, 3.05) is 24.6 Å². The number of hydrogen-bond acceptors (Lipinski definition) is 4. The first-order chi connectivity index (χ1) is 9.66. The van der Waals surface area contributed by atoms with Crippen LogP contribution < -0.4 is 4.90 Å². The molecule has 3 rings (SSSR count). The summed E-state index contributed by atoms with van der Waals surface area (Å²) in [5.74, 6) is -0.894. The second-order valence-corrected chi connectivity index (χ2v) is 4.85. The molecule has 0 aromatic heterocycles. The lowest BCUT2D eigenvalue weighted by molar-refractivity contribution is -0.132. The van der Waals surface area contributed by atoms with Gasteiger partial charge >= 0.3 is 6.09 Å². The Morgan fingerprint density at radius 1 is 1.20 bits per heavy atom. The quantitative estimate of drug-likeness (QED) is 0.807. The molecule has 0 unspecified atom stereocenters. The lowest BCUT2D eigenvalue weighted by Gasteiger charge is -2.18. The van der Waals surface area contributed by atoms with Crippen molar-refractivity contribution in [3.05, 3.63) is 30.3 Å². The summed E-state index contributed by atoms with van der Waals surface area (Å²) in [5, 5.41) is 0. The predicted octanol–water partition coefficient (Wildman–Crippen LogP) is 1.02. The molecule has 0 N–H and O–H groups in total. The number of amides is 3. The first-order valence-corrected chi connectivity index (χ1v) is 6.50. The van der Waals surface area contributed by atoms with Gasteiger partial charge in [-0.1, -0.05) is 18.2 Å². The molecule has 104 valence electrons. The van der Waals surface area contributed by atoms with E-state index in [-0.39, 0.29) is 31.4 Å². The molecule has 2 aliphatic rings. The van der Waals surface area contributed by atoms with E-state index >= 15 is 0 Å². The highest BCUT2D eigenvalue weighted by atomic mass is 16.6. The van der Waals surface area contributed by atoms with Crippen LogP contribution in [-0.2, 0) is 14.3 Å². The van der Waals surface area contributed by atoms with Crippen LogP contribution in [0.2, 0.25) is 0 Å². The monoisotopic (exact) mass is 274 g/mol. The van der Waals surface area contributed by atoms with E-state index in [0.717, 1.165) is 10.6 Å². The fourth-order valence-corrected chi connectivity index (χ4v) is 2.54. The fourth-order valence-electron chi connectivity index (χ4n) is 2.54. The van der Waals surface area contributed by atoms with Gasteiger partial charge in [0.15, 0.2) is 0 Å². The van der Waals surface area contributed by atoms with Crippen LogP contribution in [-0.4, -0.2) is 42.5 Å². The number of carbonyl (C=O) groups excluding carboxylic acids is 3. The van der Waals surface area contributed by atoms with E-state index in [1.165, 1.54) is 0 Å². The number of cyclic esters (lactones) is 1. The Morgan fingerprint density at radius 2 is 1.95 bits per heavy atom. The number of benzene rings is 1. The second-order valence-electron chi connectivity index (χ2n) is 4.85. The molecule has 20 heavy (non-hydrogen) atoms. The predicted molar refractivity (Wildman–Crippen MR) is 70.0 cm³/mol. The van der Waals surface area contributed by atoms with Gasteiger partial charge in [0.25, 0.3) is 0 Å².